The fraction of sp³-hybridized carbons (Fsp3) is 0.385. The van der Waals surface area contributed by atoms with Crippen LogP contribution in [0.15, 0.2) is 12.1 Å². The number of aliphatic carboxylic acids is 1. The molecular formula is C13H12F3NO3. The van der Waals surface area contributed by atoms with Gasteiger partial charge < -0.3 is 10.4 Å². The molecule has 7 heteroatoms. The van der Waals surface area contributed by atoms with Gasteiger partial charge >= 0.3 is 5.97 Å². The van der Waals surface area contributed by atoms with Crippen molar-refractivity contribution >= 4 is 17.6 Å². The molecule has 0 heterocycles. The van der Waals surface area contributed by atoms with Crippen LogP contribution in [0.4, 0.5) is 18.9 Å². The highest BCUT2D eigenvalue weighted by Gasteiger charge is 2.66. The van der Waals surface area contributed by atoms with Gasteiger partial charge in [0.05, 0.1) is 11.8 Å². The van der Waals surface area contributed by atoms with E-state index in [0.717, 1.165) is 0 Å². The number of carboxylic acid groups (broad SMARTS) is 1. The molecule has 1 aliphatic rings. The van der Waals surface area contributed by atoms with E-state index in [1.54, 1.807) is 13.8 Å². The minimum atomic E-state index is -1.25. The lowest BCUT2D eigenvalue weighted by Gasteiger charge is -2.08. The van der Waals surface area contributed by atoms with Crippen LogP contribution < -0.4 is 5.32 Å². The zero-order valence-corrected chi connectivity index (χ0v) is 10.7. The number of hydrogen-bond acceptors (Lipinski definition) is 2. The summed E-state index contributed by atoms with van der Waals surface area (Å²) in [4.78, 5) is 22.8. The van der Waals surface area contributed by atoms with Crippen molar-refractivity contribution in [2.75, 3.05) is 5.32 Å². The van der Waals surface area contributed by atoms with E-state index in [4.69, 9.17) is 5.11 Å². The maximum Gasteiger partial charge on any atom is 0.307 e. The van der Waals surface area contributed by atoms with Gasteiger partial charge in [-0.2, -0.15) is 0 Å². The third-order valence-electron chi connectivity index (χ3n) is 3.63. The molecule has 0 bridgehead atoms. The van der Waals surface area contributed by atoms with Gasteiger partial charge in [-0.1, -0.05) is 13.8 Å². The van der Waals surface area contributed by atoms with Crippen LogP contribution in [0.1, 0.15) is 13.8 Å². The second kappa shape index (κ2) is 4.50. The lowest BCUT2D eigenvalue weighted by atomic mass is 10.1. The fourth-order valence-corrected chi connectivity index (χ4v) is 2.45. The number of hydrogen-bond donors (Lipinski definition) is 2. The minimum Gasteiger partial charge on any atom is -0.481 e. The minimum absolute atomic E-state index is 0.436. The Morgan fingerprint density at radius 1 is 1.15 bits per heavy atom. The van der Waals surface area contributed by atoms with Gasteiger partial charge in [0.2, 0.25) is 5.91 Å². The Morgan fingerprint density at radius 3 is 2.05 bits per heavy atom. The summed E-state index contributed by atoms with van der Waals surface area (Å²) < 4.78 is 39.5. The van der Waals surface area contributed by atoms with Crippen LogP contribution in [-0.4, -0.2) is 17.0 Å². The quantitative estimate of drug-likeness (QED) is 0.897. The molecule has 2 atom stereocenters. The average molecular weight is 287 g/mol. The monoisotopic (exact) mass is 287 g/mol. The van der Waals surface area contributed by atoms with Gasteiger partial charge in [0.25, 0.3) is 0 Å². The lowest BCUT2D eigenvalue weighted by molar-refractivity contribution is -0.140. The Hall–Kier alpha value is -2.05. The van der Waals surface area contributed by atoms with E-state index < -0.39 is 52.3 Å². The number of carbonyl (C=O) groups is 2. The van der Waals surface area contributed by atoms with Crippen molar-refractivity contribution in [3.05, 3.63) is 29.6 Å². The van der Waals surface area contributed by atoms with Crippen LogP contribution in [0.3, 0.4) is 0 Å². The number of carboxylic acids is 1. The van der Waals surface area contributed by atoms with Crippen LogP contribution in [0.5, 0.6) is 0 Å². The molecule has 108 valence electrons. The van der Waals surface area contributed by atoms with E-state index >= 15 is 0 Å². The number of carbonyl (C=O) groups excluding carboxylic acids is 1. The molecule has 4 nitrogen and oxygen atoms in total. The van der Waals surface area contributed by atoms with Crippen molar-refractivity contribution in [3.8, 4) is 0 Å². The summed E-state index contributed by atoms with van der Waals surface area (Å²) in [6.07, 6.45) is 0. The third kappa shape index (κ3) is 2.23. The molecular weight excluding hydrogens is 275 g/mol. The van der Waals surface area contributed by atoms with Crippen LogP contribution in [0, 0.1) is 34.7 Å². The van der Waals surface area contributed by atoms with Crippen molar-refractivity contribution in [1.82, 2.24) is 0 Å². The topological polar surface area (TPSA) is 66.4 Å². The molecule has 1 aromatic carbocycles. The van der Waals surface area contributed by atoms with Gasteiger partial charge in [-0.25, -0.2) is 13.2 Å². The SMILES string of the molecule is CC1(C)C(C(=O)O)C1C(=O)Nc1c(F)cc(F)cc1F. The Balaban J connectivity index is 2.20. The van der Waals surface area contributed by atoms with Crippen molar-refractivity contribution in [2.45, 2.75) is 13.8 Å². The first-order chi connectivity index (χ1) is 9.16. The first kappa shape index (κ1) is 14.4. The summed E-state index contributed by atoms with van der Waals surface area (Å²) in [7, 11) is 0. The molecule has 2 rings (SSSR count). The van der Waals surface area contributed by atoms with E-state index in [1.807, 2.05) is 5.32 Å². The summed E-state index contributed by atoms with van der Waals surface area (Å²) in [5.74, 6) is -7.34. The molecule has 1 fully saturated rings. The maximum absolute atomic E-state index is 13.4. The molecule has 20 heavy (non-hydrogen) atoms. The van der Waals surface area contributed by atoms with Crippen LogP contribution in [0.25, 0.3) is 0 Å². The molecule has 2 N–H and O–H groups in total. The van der Waals surface area contributed by atoms with E-state index in [-0.39, 0.29) is 0 Å². The number of rotatable bonds is 3. The predicted octanol–water partition coefficient (Wildman–Crippen LogP) is 2.40. The standard InChI is InChI=1S/C13H12F3NO3/c1-13(2)8(9(13)12(19)20)11(18)17-10-6(15)3-5(14)4-7(10)16/h3-4,8-9H,1-2H3,(H,17,18)(H,19,20). The van der Waals surface area contributed by atoms with E-state index in [2.05, 4.69) is 0 Å². The highest BCUT2D eigenvalue weighted by molar-refractivity contribution is 5.99. The van der Waals surface area contributed by atoms with Crippen LogP contribution in [0.2, 0.25) is 0 Å². The van der Waals surface area contributed by atoms with Crippen molar-refractivity contribution in [1.29, 1.82) is 0 Å². The van der Waals surface area contributed by atoms with Gasteiger partial charge in [0.1, 0.15) is 11.5 Å². The molecule has 1 amide bonds. The molecule has 0 aliphatic heterocycles. The Morgan fingerprint density at radius 2 is 1.65 bits per heavy atom. The Kier molecular flexibility index (Phi) is 3.23. The van der Waals surface area contributed by atoms with E-state index in [9.17, 15) is 22.8 Å². The molecule has 0 radical (unpaired) electrons. The van der Waals surface area contributed by atoms with Crippen molar-refractivity contribution in [3.63, 3.8) is 0 Å². The highest BCUT2D eigenvalue weighted by atomic mass is 19.1. The lowest BCUT2D eigenvalue weighted by Crippen LogP contribution is -2.19. The van der Waals surface area contributed by atoms with E-state index in [0.29, 0.717) is 12.1 Å². The molecule has 1 saturated carbocycles. The van der Waals surface area contributed by atoms with E-state index in [1.165, 1.54) is 0 Å². The summed E-state index contributed by atoms with van der Waals surface area (Å²) >= 11 is 0. The first-order valence-corrected chi connectivity index (χ1v) is 5.84. The Bertz CT molecular complexity index is 578. The molecule has 2 unspecified atom stereocenters. The van der Waals surface area contributed by atoms with Gasteiger partial charge in [-0.05, 0) is 5.41 Å². The smallest absolute Gasteiger partial charge is 0.307 e. The fourth-order valence-electron chi connectivity index (χ4n) is 2.45. The normalized spacial score (nSPS) is 23.2. The van der Waals surface area contributed by atoms with Gasteiger partial charge in [-0.15, -0.1) is 0 Å². The largest absolute Gasteiger partial charge is 0.481 e. The molecule has 0 aromatic heterocycles. The summed E-state index contributed by atoms with van der Waals surface area (Å²) in [6.45, 7) is 3.15. The molecule has 0 saturated heterocycles. The van der Waals surface area contributed by atoms with Crippen LogP contribution in [-0.2, 0) is 9.59 Å². The second-order valence-corrected chi connectivity index (χ2v) is 5.35. The third-order valence-corrected chi connectivity index (χ3v) is 3.63. The molecule has 0 spiro atoms. The second-order valence-electron chi connectivity index (χ2n) is 5.35. The summed E-state index contributed by atoms with van der Waals surface area (Å²) in [5, 5.41) is 10.9. The van der Waals surface area contributed by atoms with Gasteiger partial charge in [0.15, 0.2) is 11.6 Å². The van der Waals surface area contributed by atoms with Gasteiger partial charge in [-0.3, -0.25) is 9.59 Å². The van der Waals surface area contributed by atoms with Crippen molar-refractivity contribution in [2.24, 2.45) is 17.3 Å². The Labute approximate surface area is 112 Å². The molecule has 1 aromatic rings. The summed E-state index contributed by atoms with van der Waals surface area (Å²) in [5.41, 5.74) is -1.56. The zero-order chi connectivity index (χ0) is 15.2. The average Bonchev–Trinajstić information content (AvgIpc) is 2.86. The number of nitrogens with one attached hydrogen (secondary N) is 1. The first-order valence-electron chi connectivity index (χ1n) is 5.84. The molecule has 1 aliphatic carbocycles. The number of amides is 1. The zero-order valence-electron chi connectivity index (χ0n) is 10.7. The number of benzene rings is 1. The van der Waals surface area contributed by atoms with Crippen LogP contribution >= 0.6 is 0 Å². The maximum atomic E-state index is 13.4. The summed E-state index contributed by atoms with van der Waals surface area (Å²) in [6, 6.07) is 0.872. The number of anilines is 1. The highest BCUT2D eigenvalue weighted by Crippen LogP contribution is 2.58. The predicted molar refractivity (Wildman–Crippen MR) is 63.3 cm³/mol. The number of halogens is 3. The van der Waals surface area contributed by atoms with Gasteiger partial charge in [0, 0.05) is 12.1 Å². The van der Waals surface area contributed by atoms with Crippen molar-refractivity contribution < 1.29 is 27.9 Å².